The molecule has 1 aromatic heterocycles. The van der Waals surface area contributed by atoms with Gasteiger partial charge in [-0.15, -0.1) is 0 Å². The van der Waals surface area contributed by atoms with Gasteiger partial charge in [0.15, 0.2) is 11.5 Å². The largest absolute Gasteiger partial charge is 0.481 e. The first-order chi connectivity index (χ1) is 9.04. The number of hydrogen-bond acceptors (Lipinski definition) is 3. The lowest BCUT2D eigenvalue weighted by Crippen LogP contribution is -2.09. The lowest BCUT2D eigenvalue weighted by atomic mass is 10.1. The van der Waals surface area contributed by atoms with Gasteiger partial charge in [0.25, 0.3) is 0 Å². The predicted octanol–water partition coefficient (Wildman–Crippen LogP) is 3.59. The van der Waals surface area contributed by atoms with Gasteiger partial charge in [0.1, 0.15) is 11.3 Å². The molecule has 1 fully saturated rings. The maximum absolute atomic E-state index is 13.3. The zero-order valence-electron chi connectivity index (χ0n) is 9.90. The van der Waals surface area contributed by atoms with Crippen LogP contribution in [0.4, 0.5) is 4.39 Å². The highest BCUT2D eigenvalue weighted by atomic mass is 35.5. The van der Waals surface area contributed by atoms with Crippen LogP contribution in [0.1, 0.15) is 31.1 Å². The van der Waals surface area contributed by atoms with Crippen LogP contribution in [-0.2, 0) is 4.79 Å². The SMILES string of the molecule is O=C(O)C1CCC(c2nc3cc(Cl)c(F)cc3o2)C1. The van der Waals surface area contributed by atoms with Gasteiger partial charge in [-0.3, -0.25) is 4.79 Å². The Labute approximate surface area is 113 Å². The summed E-state index contributed by atoms with van der Waals surface area (Å²) >= 11 is 5.69. The van der Waals surface area contributed by atoms with Crippen LogP contribution in [0.2, 0.25) is 5.02 Å². The van der Waals surface area contributed by atoms with Crippen molar-refractivity contribution in [2.75, 3.05) is 0 Å². The molecule has 2 aromatic rings. The summed E-state index contributed by atoms with van der Waals surface area (Å²) in [5.41, 5.74) is 0.843. The van der Waals surface area contributed by atoms with Gasteiger partial charge in [-0.2, -0.15) is 0 Å². The maximum Gasteiger partial charge on any atom is 0.306 e. The molecule has 1 aliphatic carbocycles. The van der Waals surface area contributed by atoms with E-state index >= 15 is 0 Å². The number of benzene rings is 1. The molecule has 1 heterocycles. The Morgan fingerprint density at radius 3 is 2.95 bits per heavy atom. The molecule has 6 heteroatoms. The molecular formula is C13H11ClFNO3. The molecule has 0 aliphatic heterocycles. The molecule has 4 nitrogen and oxygen atoms in total. The van der Waals surface area contributed by atoms with E-state index < -0.39 is 11.8 Å². The Morgan fingerprint density at radius 2 is 2.26 bits per heavy atom. The molecule has 0 radical (unpaired) electrons. The Morgan fingerprint density at radius 1 is 1.47 bits per heavy atom. The van der Waals surface area contributed by atoms with E-state index in [1.807, 2.05) is 0 Å². The minimum absolute atomic E-state index is 0.00202. The van der Waals surface area contributed by atoms with Crippen LogP contribution in [-0.4, -0.2) is 16.1 Å². The molecule has 3 rings (SSSR count). The third kappa shape index (κ3) is 2.18. The van der Waals surface area contributed by atoms with Gasteiger partial charge >= 0.3 is 5.97 Å². The minimum atomic E-state index is -0.785. The number of aliphatic carboxylic acids is 1. The van der Waals surface area contributed by atoms with Gasteiger partial charge in [0, 0.05) is 12.0 Å². The fraction of sp³-hybridized carbons (Fsp3) is 0.385. The summed E-state index contributed by atoms with van der Waals surface area (Å²) in [6.07, 6.45) is 1.85. The molecule has 1 N–H and O–H groups in total. The summed E-state index contributed by atoms with van der Waals surface area (Å²) in [5.74, 6) is -1.23. The van der Waals surface area contributed by atoms with Crippen molar-refractivity contribution < 1.29 is 18.7 Å². The fourth-order valence-corrected chi connectivity index (χ4v) is 2.70. The molecule has 1 aliphatic rings. The van der Waals surface area contributed by atoms with E-state index in [9.17, 15) is 9.18 Å². The van der Waals surface area contributed by atoms with Crippen molar-refractivity contribution in [3.8, 4) is 0 Å². The van der Waals surface area contributed by atoms with E-state index in [0.717, 1.165) is 6.42 Å². The summed E-state index contributed by atoms with van der Waals surface area (Å²) < 4.78 is 18.8. The van der Waals surface area contributed by atoms with Crippen molar-refractivity contribution in [3.63, 3.8) is 0 Å². The number of halogens is 2. The molecule has 1 saturated carbocycles. The van der Waals surface area contributed by atoms with Crippen molar-refractivity contribution in [2.24, 2.45) is 5.92 Å². The average Bonchev–Trinajstić information content (AvgIpc) is 2.95. The second-order valence-electron chi connectivity index (χ2n) is 4.83. The van der Waals surface area contributed by atoms with E-state index in [1.54, 1.807) is 0 Å². The zero-order valence-corrected chi connectivity index (χ0v) is 10.7. The number of carboxylic acid groups (broad SMARTS) is 1. The Kier molecular flexibility index (Phi) is 2.93. The minimum Gasteiger partial charge on any atom is -0.481 e. The first kappa shape index (κ1) is 12.4. The smallest absolute Gasteiger partial charge is 0.306 e. The number of nitrogens with zero attached hydrogens (tertiary/aromatic N) is 1. The van der Waals surface area contributed by atoms with Crippen LogP contribution in [0.25, 0.3) is 11.1 Å². The van der Waals surface area contributed by atoms with Crippen LogP contribution in [0.5, 0.6) is 0 Å². The molecular weight excluding hydrogens is 273 g/mol. The second kappa shape index (κ2) is 4.49. The lowest BCUT2D eigenvalue weighted by molar-refractivity contribution is -0.141. The first-order valence-corrected chi connectivity index (χ1v) is 6.40. The highest BCUT2D eigenvalue weighted by molar-refractivity contribution is 6.31. The van der Waals surface area contributed by atoms with Crippen LogP contribution in [0.15, 0.2) is 16.5 Å². The number of hydrogen-bond donors (Lipinski definition) is 1. The normalized spacial score (nSPS) is 23.1. The maximum atomic E-state index is 13.3. The number of fused-ring (bicyclic) bond motifs is 1. The summed E-state index contributed by atoms with van der Waals surface area (Å²) in [5, 5.41) is 8.97. The van der Waals surface area contributed by atoms with E-state index in [0.29, 0.717) is 29.8 Å². The third-order valence-corrected chi connectivity index (χ3v) is 3.87. The van der Waals surface area contributed by atoms with Crippen molar-refractivity contribution in [2.45, 2.75) is 25.2 Å². The van der Waals surface area contributed by atoms with Gasteiger partial charge in [-0.1, -0.05) is 11.6 Å². The van der Waals surface area contributed by atoms with E-state index in [2.05, 4.69) is 4.98 Å². The van der Waals surface area contributed by atoms with Gasteiger partial charge in [0.2, 0.25) is 0 Å². The zero-order chi connectivity index (χ0) is 13.6. The quantitative estimate of drug-likeness (QED) is 0.915. The number of carboxylic acids is 1. The molecule has 0 amide bonds. The third-order valence-electron chi connectivity index (χ3n) is 3.58. The molecule has 0 saturated heterocycles. The Balaban J connectivity index is 1.92. The molecule has 0 bridgehead atoms. The van der Waals surface area contributed by atoms with Crippen LogP contribution < -0.4 is 0 Å². The predicted molar refractivity (Wildman–Crippen MR) is 66.7 cm³/mol. The summed E-state index contributed by atoms with van der Waals surface area (Å²) in [6.45, 7) is 0. The highest BCUT2D eigenvalue weighted by Crippen LogP contribution is 2.39. The molecule has 0 spiro atoms. The highest BCUT2D eigenvalue weighted by Gasteiger charge is 2.33. The Bertz CT molecular complexity index is 616. The summed E-state index contributed by atoms with van der Waals surface area (Å²) in [6, 6.07) is 2.63. The molecule has 2 unspecified atom stereocenters. The topological polar surface area (TPSA) is 63.3 Å². The van der Waals surface area contributed by atoms with E-state index in [1.165, 1.54) is 12.1 Å². The molecule has 1 aromatic carbocycles. The number of aromatic nitrogens is 1. The van der Waals surface area contributed by atoms with Crippen molar-refractivity contribution in [1.82, 2.24) is 4.98 Å². The van der Waals surface area contributed by atoms with Crippen LogP contribution in [0, 0.1) is 11.7 Å². The lowest BCUT2D eigenvalue weighted by Gasteiger charge is -2.03. The van der Waals surface area contributed by atoms with Gasteiger partial charge in [-0.25, -0.2) is 9.37 Å². The molecule has 2 atom stereocenters. The first-order valence-electron chi connectivity index (χ1n) is 6.03. The second-order valence-corrected chi connectivity index (χ2v) is 5.24. The Hall–Kier alpha value is -1.62. The standard InChI is InChI=1S/C13H11ClFNO3/c14-8-4-10-11(5-9(8)15)19-12(16-10)6-1-2-7(3-6)13(17)18/h4-7H,1-3H2,(H,17,18). The fourth-order valence-electron chi connectivity index (χ4n) is 2.55. The number of carbonyl (C=O) groups is 1. The molecule has 100 valence electrons. The van der Waals surface area contributed by atoms with Crippen molar-refractivity contribution in [3.05, 3.63) is 28.9 Å². The molecule has 19 heavy (non-hydrogen) atoms. The van der Waals surface area contributed by atoms with E-state index in [-0.39, 0.29) is 16.9 Å². The van der Waals surface area contributed by atoms with Gasteiger partial charge in [-0.05, 0) is 25.3 Å². The average molecular weight is 284 g/mol. The van der Waals surface area contributed by atoms with Crippen LogP contribution in [0.3, 0.4) is 0 Å². The number of oxazole rings is 1. The van der Waals surface area contributed by atoms with E-state index in [4.69, 9.17) is 21.1 Å². The summed E-state index contributed by atoms with van der Waals surface area (Å²) in [4.78, 5) is 15.2. The van der Waals surface area contributed by atoms with Gasteiger partial charge < -0.3 is 9.52 Å². The van der Waals surface area contributed by atoms with Crippen molar-refractivity contribution >= 4 is 28.7 Å². The monoisotopic (exact) mass is 283 g/mol. The number of rotatable bonds is 2. The summed E-state index contributed by atoms with van der Waals surface area (Å²) in [7, 11) is 0. The van der Waals surface area contributed by atoms with Crippen molar-refractivity contribution in [1.29, 1.82) is 0 Å². The van der Waals surface area contributed by atoms with Crippen LogP contribution >= 0.6 is 11.6 Å². The van der Waals surface area contributed by atoms with Gasteiger partial charge in [0.05, 0.1) is 10.9 Å².